The highest BCUT2D eigenvalue weighted by atomic mass is 32.2. The van der Waals surface area contributed by atoms with Gasteiger partial charge in [0.15, 0.2) is 5.82 Å². The van der Waals surface area contributed by atoms with Gasteiger partial charge in [-0.15, -0.1) is 0 Å². The lowest BCUT2D eigenvalue weighted by Gasteiger charge is -2.38. The molecule has 2 N–H and O–H groups in total. The van der Waals surface area contributed by atoms with Gasteiger partial charge in [0.05, 0.1) is 0 Å². The van der Waals surface area contributed by atoms with Crippen LogP contribution < -0.4 is 10.6 Å². The number of hydrogen-bond donors (Lipinski definition) is 1. The molecule has 18 heavy (non-hydrogen) atoms. The maximum Gasteiger partial charge on any atom is 0.158 e. The number of hydrogen-bond acceptors (Lipinski definition) is 6. The molecule has 2 rings (SSSR count). The van der Waals surface area contributed by atoms with Crippen LogP contribution in [0.1, 0.15) is 19.7 Å². The lowest BCUT2D eigenvalue weighted by Crippen LogP contribution is -2.43. The molecule has 6 heteroatoms. The van der Waals surface area contributed by atoms with E-state index in [4.69, 9.17) is 10.5 Å². The van der Waals surface area contributed by atoms with E-state index in [2.05, 4.69) is 28.7 Å². The summed E-state index contributed by atoms with van der Waals surface area (Å²) >= 11 is 2.00. The zero-order valence-electron chi connectivity index (χ0n) is 11.1. The maximum absolute atomic E-state index is 5.83. The van der Waals surface area contributed by atoms with Crippen molar-refractivity contribution in [3.05, 3.63) is 11.9 Å². The first kappa shape index (κ1) is 13.4. The van der Waals surface area contributed by atoms with Crippen molar-refractivity contribution in [2.45, 2.75) is 25.2 Å². The number of rotatable bonds is 3. The van der Waals surface area contributed by atoms with Gasteiger partial charge < -0.3 is 15.4 Å². The molecule has 0 unspecified atom stereocenters. The predicted octanol–water partition coefficient (Wildman–Crippen LogP) is 1.54. The van der Waals surface area contributed by atoms with Crippen molar-refractivity contribution in [2.75, 3.05) is 36.6 Å². The Kier molecular flexibility index (Phi) is 3.97. The smallest absolute Gasteiger partial charge is 0.158 e. The van der Waals surface area contributed by atoms with Crippen molar-refractivity contribution in [1.82, 2.24) is 9.97 Å². The lowest BCUT2D eigenvalue weighted by molar-refractivity contribution is 0.178. The van der Waals surface area contributed by atoms with E-state index in [1.54, 1.807) is 7.11 Å². The van der Waals surface area contributed by atoms with Crippen molar-refractivity contribution in [1.29, 1.82) is 0 Å². The van der Waals surface area contributed by atoms with Gasteiger partial charge in [-0.05, 0) is 13.8 Å². The first-order chi connectivity index (χ1) is 8.50. The molecule has 0 saturated carbocycles. The topological polar surface area (TPSA) is 64.3 Å². The lowest BCUT2D eigenvalue weighted by atomic mass is 10.2. The summed E-state index contributed by atoms with van der Waals surface area (Å²) in [6.07, 6.45) is 0. The molecule has 0 aromatic carbocycles. The minimum absolute atomic E-state index is 0.249. The molecule has 1 aromatic rings. The van der Waals surface area contributed by atoms with Gasteiger partial charge in [0, 0.05) is 36.8 Å². The molecule has 2 heterocycles. The molecule has 1 fully saturated rings. The van der Waals surface area contributed by atoms with E-state index >= 15 is 0 Å². The number of ether oxygens (including phenoxy) is 1. The minimum atomic E-state index is 0.249. The van der Waals surface area contributed by atoms with Crippen molar-refractivity contribution in [3.8, 4) is 0 Å². The van der Waals surface area contributed by atoms with Gasteiger partial charge in [0.2, 0.25) is 0 Å². The third-order valence-electron chi connectivity index (χ3n) is 2.80. The normalized spacial score (nSPS) is 18.9. The second-order valence-electron chi connectivity index (χ2n) is 5.03. The van der Waals surface area contributed by atoms with Crippen molar-refractivity contribution >= 4 is 23.4 Å². The van der Waals surface area contributed by atoms with Gasteiger partial charge in [-0.3, -0.25) is 0 Å². The molecule has 0 amide bonds. The quantitative estimate of drug-likeness (QED) is 0.897. The molecule has 0 atom stereocenters. The van der Waals surface area contributed by atoms with Gasteiger partial charge in [-0.25, -0.2) is 9.97 Å². The monoisotopic (exact) mass is 268 g/mol. The van der Waals surface area contributed by atoms with Crippen LogP contribution in [0.5, 0.6) is 0 Å². The summed E-state index contributed by atoms with van der Waals surface area (Å²) in [7, 11) is 1.63. The summed E-state index contributed by atoms with van der Waals surface area (Å²) in [5.74, 6) is 3.16. The summed E-state index contributed by atoms with van der Waals surface area (Å²) in [6, 6.07) is 1.84. The second-order valence-corrected chi connectivity index (χ2v) is 6.83. The Labute approximate surface area is 112 Å². The summed E-state index contributed by atoms with van der Waals surface area (Å²) in [6.45, 7) is 6.87. The highest BCUT2D eigenvalue weighted by Gasteiger charge is 2.28. The standard InChI is InChI=1S/C12H20N4OS/c1-12(2)8-16(4-5-18-12)11-6-9(13)14-10(15-11)7-17-3/h6H,4-5,7-8H2,1-3H3,(H2,13,14,15). The van der Waals surface area contributed by atoms with Crippen molar-refractivity contribution in [3.63, 3.8) is 0 Å². The number of thioether (sulfide) groups is 1. The highest BCUT2D eigenvalue weighted by Crippen LogP contribution is 2.31. The number of methoxy groups -OCH3 is 1. The maximum atomic E-state index is 5.83. The van der Waals surface area contributed by atoms with Crippen LogP contribution in [0.2, 0.25) is 0 Å². The molecule has 0 aliphatic carbocycles. The Hall–Kier alpha value is -1.01. The van der Waals surface area contributed by atoms with Crippen LogP contribution in [0, 0.1) is 0 Å². The summed E-state index contributed by atoms with van der Waals surface area (Å²) in [5, 5.41) is 0. The van der Waals surface area contributed by atoms with Gasteiger partial charge >= 0.3 is 0 Å². The molecule has 5 nitrogen and oxygen atoms in total. The Morgan fingerprint density at radius 2 is 2.28 bits per heavy atom. The van der Waals surface area contributed by atoms with Crippen LogP contribution in [0.4, 0.5) is 11.6 Å². The van der Waals surface area contributed by atoms with Crippen molar-refractivity contribution in [2.24, 2.45) is 0 Å². The Morgan fingerprint density at radius 3 is 2.94 bits per heavy atom. The zero-order chi connectivity index (χ0) is 13.2. The van der Waals surface area contributed by atoms with E-state index in [1.165, 1.54) is 0 Å². The zero-order valence-corrected chi connectivity index (χ0v) is 12.0. The predicted molar refractivity (Wildman–Crippen MR) is 75.9 cm³/mol. The molecule has 100 valence electrons. The van der Waals surface area contributed by atoms with Crippen LogP contribution >= 0.6 is 11.8 Å². The fourth-order valence-electron chi connectivity index (χ4n) is 2.07. The van der Waals surface area contributed by atoms with Crippen LogP contribution in [0.15, 0.2) is 6.07 Å². The second kappa shape index (κ2) is 5.32. The van der Waals surface area contributed by atoms with Gasteiger partial charge in [0.1, 0.15) is 18.2 Å². The molecule has 1 aromatic heterocycles. The highest BCUT2D eigenvalue weighted by molar-refractivity contribution is 8.00. The van der Waals surface area contributed by atoms with Gasteiger partial charge in [-0.1, -0.05) is 0 Å². The van der Waals surface area contributed by atoms with Crippen LogP contribution in [-0.2, 0) is 11.3 Å². The fraction of sp³-hybridized carbons (Fsp3) is 0.667. The van der Waals surface area contributed by atoms with Crippen LogP contribution in [-0.4, -0.2) is 40.7 Å². The summed E-state index contributed by atoms with van der Waals surface area (Å²) in [4.78, 5) is 10.9. The average Bonchev–Trinajstić information content (AvgIpc) is 2.27. The molecule has 0 radical (unpaired) electrons. The molecular weight excluding hydrogens is 248 g/mol. The Morgan fingerprint density at radius 1 is 1.50 bits per heavy atom. The molecule has 1 saturated heterocycles. The first-order valence-electron chi connectivity index (χ1n) is 6.01. The average molecular weight is 268 g/mol. The van der Waals surface area contributed by atoms with E-state index in [-0.39, 0.29) is 4.75 Å². The third-order valence-corrected chi connectivity index (χ3v) is 4.10. The number of nitrogen functional groups attached to an aromatic ring is 1. The molecule has 1 aliphatic heterocycles. The fourth-order valence-corrected chi connectivity index (χ4v) is 3.18. The van der Waals surface area contributed by atoms with Crippen LogP contribution in [0.25, 0.3) is 0 Å². The SMILES string of the molecule is COCc1nc(N)cc(N2CCSC(C)(C)C2)n1. The number of nitrogens with zero attached hydrogens (tertiary/aromatic N) is 3. The number of anilines is 2. The molecule has 0 spiro atoms. The molecular formula is C12H20N4OS. The Balaban J connectivity index is 2.21. The first-order valence-corrected chi connectivity index (χ1v) is 7.00. The van der Waals surface area contributed by atoms with E-state index < -0.39 is 0 Å². The largest absolute Gasteiger partial charge is 0.384 e. The minimum Gasteiger partial charge on any atom is -0.384 e. The van der Waals surface area contributed by atoms with E-state index in [0.717, 1.165) is 24.7 Å². The molecule has 0 bridgehead atoms. The Bertz CT molecular complexity index is 425. The third kappa shape index (κ3) is 3.26. The van der Waals surface area contributed by atoms with E-state index in [1.807, 2.05) is 17.8 Å². The van der Waals surface area contributed by atoms with Gasteiger partial charge in [0.25, 0.3) is 0 Å². The van der Waals surface area contributed by atoms with E-state index in [9.17, 15) is 0 Å². The number of aromatic nitrogens is 2. The summed E-state index contributed by atoms with van der Waals surface area (Å²) in [5.41, 5.74) is 5.83. The summed E-state index contributed by atoms with van der Waals surface area (Å²) < 4.78 is 5.31. The van der Waals surface area contributed by atoms with Crippen molar-refractivity contribution < 1.29 is 4.74 Å². The molecule has 1 aliphatic rings. The van der Waals surface area contributed by atoms with E-state index in [0.29, 0.717) is 18.2 Å². The van der Waals surface area contributed by atoms with Gasteiger partial charge in [-0.2, -0.15) is 11.8 Å². The number of nitrogens with two attached hydrogens (primary N) is 1. The van der Waals surface area contributed by atoms with Crippen LogP contribution in [0.3, 0.4) is 0 Å².